The minimum absolute atomic E-state index is 0.0712. The smallest absolute Gasteiger partial charge is 0.312 e. The Morgan fingerprint density at radius 3 is 2.47 bits per heavy atom. The number of ether oxygens (including phenoxy) is 2. The number of hydrogen-bond donors (Lipinski definition) is 0. The summed E-state index contributed by atoms with van der Waals surface area (Å²) in [7, 11) is 0. The highest BCUT2D eigenvalue weighted by molar-refractivity contribution is 5.83. The zero-order valence-corrected chi connectivity index (χ0v) is 10.7. The highest BCUT2D eigenvalue weighted by Gasteiger charge is 2.69. The molecule has 2 fully saturated rings. The summed E-state index contributed by atoms with van der Waals surface area (Å²) in [6, 6.07) is 0. The molecule has 0 heterocycles. The van der Waals surface area contributed by atoms with Gasteiger partial charge in [0.15, 0.2) is 0 Å². The van der Waals surface area contributed by atoms with E-state index in [9.17, 15) is 9.59 Å². The first-order chi connectivity index (χ1) is 8.06. The van der Waals surface area contributed by atoms with Gasteiger partial charge in [0.1, 0.15) is 0 Å². The Hall–Kier alpha value is -1.06. The Balaban J connectivity index is 2.04. The van der Waals surface area contributed by atoms with Gasteiger partial charge in [0, 0.05) is 0 Å². The Labute approximate surface area is 102 Å². The van der Waals surface area contributed by atoms with Crippen LogP contribution in [0.5, 0.6) is 0 Å². The zero-order valence-electron chi connectivity index (χ0n) is 10.7. The SMILES string of the molecule is CCOC(=O)C1C2CCC(C)(C(=O)OCC)C21. The van der Waals surface area contributed by atoms with E-state index in [-0.39, 0.29) is 23.8 Å². The summed E-state index contributed by atoms with van der Waals surface area (Å²) < 4.78 is 10.2. The van der Waals surface area contributed by atoms with E-state index >= 15 is 0 Å². The number of carbonyl (C=O) groups excluding carboxylic acids is 2. The van der Waals surface area contributed by atoms with Crippen LogP contribution in [0.3, 0.4) is 0 Å². The van der Waals surface area contributed by atoms with E-state index in [0.717, 1.165) is 12.8 Å². The zero-order chi connectivity index (χ0) is 12.6. The largest absolute Gasteiger partial charge is 0.466 e. The first-order valence-electron chi connectivity index (χ1n) is 6.40. The molecular formula is C13H20O4. The molecule has 96 valence electrons. The van der Waals surface area contributed by atoms with Gasteiger partial charge in [-0.15, -0.1) is 0 Å². The Morgan fingerprint density at radius 1 is 1.24 bits per heavy atom. The van der Waals surface area contributed by atoms with Crippen molar-refractivity contribution in [1.82, 2.24) is 0 Å². The van der Waals surface area contributed by atoms with Crippen molar-refractivity contribution >= 4 is 11.9 Å². The molecule has 0 aliphatic heterocycles. The second-order valence-corrected chi connectivity index (χ2v) is 5.14. The number of fused-ring (bicyclic) bond motifs is 1. The van der Waals surface area contributed by atoms with Crippen molar-refractivity contribution in [1.29, 1.82) is 0 Å². The van der Waals surface area contributed by atoms with Crippen molar-refractivity contribution in [3.05, 3.63) is 0 Å². The van der Waals surface area contributed by atoms with Crippen LogP contribution in [0.15, 0.2) is 0 Å². The Morgan fingerprint density at radius 2 is 1.88 bits per heavy atom. The maximum Gasteiger partial charge on any atom is 0.312 e. The molecule has 2 saturated carbocycles. The minimum Gasteiger partial charge on any atom is -0.466 e. The van der Waals surface area contributed by atoms with Gasteiger partial charge in [-0.05, 0) is 45.4 Å². The van der Waals surface area contributed by atoms with Gasteiger partial charge in [0.05, 0.1) is 24.5 Å². The van der Waals surface area contributed by atoms with Crippen molar-refractivity contribution in [3.8, 4) is 0 Å². The molecule has 2 rings (SSSR count). The van der Waals surface area contributed by atoms with E-state index in [2.05, 4.69) is 0 Å². The van der Waals surface area contributed by atoms with E-state index in [0.29, 0.717) is 19.1 Å². The lowest BCUT2D eigenvalue weighted by atomic mass is 9.83. The molecule has 0 radical (unpaired) electrons. The number of carbonyl (C=O) groups is 2. The van der Waals surface area contributed by atoms with E-state index in [1.54, 1.807) is 6.92 Å². The molecule has 4 atom stereocenters. The molecule has 0 aromatic carbocycles. The van der Waals surface area contributed by atoms with E-state index in [1.165, 1.54) is 0 Å². The molecule has 4 nitrogen and oxygen atoms in total. The normalized spacial score (nSPS) is 38.4. The average molecular weight is 240 g/mol. The molecule has 4 unspecified atom stereocenters. The second kappa shape index (κ2) is 4.31. The van der Waals surface area contributed by atoms with Gasteiger partial charge in [0.2, 0.25) is 0 Å². The number of hydrogen-bond acceptors (Lipinski definition) is 4. The lowest BCUT2D eigenvalue weighted by Gasteiger charge is -2.24. The van der Waals surface area contributed by atoms with Crippen molar-refractivity contribution in [3.63, 3.8) is 0 Å². The highest BCUT2D eigenvalue weighted by atomic mass is 16.5. The molecule has 4 heteroatoms. The predicted molar refractivity (Wildman–Crippen MR) is 61.1 cm³/mol. The first kappa shape index (κ1) is 12.4. The van der Waals surface area contributed by atoms with Crippen LogP contribution in [-0.2, 0) is 19.1 Å². The fourth-order valence-corrected chi connectivity index (χ4v) is 3.33. The minimum atomic E-state index is -0.474. The maximum absolute atomic E-state index is 12.0. The van der Waals surface area contributed by atoms with E-state index < -0.39 is 5.41 Å². The summed E-state index contributed by atoms with van der Waals surface area (Å²) in [4.78, 5) is 23.7. The Bertz CT molecular complexity index is 338. The summed E-state index contributed by atoms with van der Waals surface area (Å²) in [6.45, 7) is 6.35. The average Bonchev–Trinajstić information content (AvgIpc) is 2.93. The topological polar surface area (TPSA) is 52.6 Å². The van der Waals surface area contributed by atoms with Gasteiger partial charge in [-0.3, -0.25) is 9.59 Å². The second-order valence-electron chi connectivity index (χ2n) is 5.14. The first-order valence-corrected chi connectivity index (χ1v) is 6.40. The van der Waals surface area contributed by atoms with Gasteiger partial charge in [-0.1, -0.05) is 0 Å². The lowest BCUT2D eigenvalue weighted by Crippen LogP contribution is -2.32. The third kappa shape index (κ3) is 1.83. The van der Waals surface area contributed by atoms with Crippen molar-refractivity contribution in [2.45, 2.75) is 33.6 Å². The van der Waals surface area contributed by atoms with E-state index in [1.807, 2.05) is 13.8 Å². The van der Waals surface area contributed by atoms with E-state index in [4.69, 9.17) is 9.47 Å². The Kier molecular flexibility index (Phi) is 3.15. The number of rotatable bonds is 4. The van der Waals surface area contributed by atoms with Crippen LogP contribution in [0.4, 0.5) is 0 Å². The molecule has 2 aliphatic rings. The molecule has 0 amide bonds. The molecule has 0 N–H and O–H groups in total. The number of esters is 2. The summed E-state index contributed by atoms with van der Waals surface area (Å²) in [5.41, 5.74) is -0.474. The van der Waals surface area contributed by atoms with Gasteiger partial charge >= 0.3 is 11.9 Å². The van der Waals surface area contributed by atoms with Gasteiger partial charge < -0.3 is 9.47 Å². The van der Waals surface area contributed by atoms with Crippen molar-refractivity contribution < 1.29 is 19.1 Å². The highest BCUT2D eigenvalue weighted by Crippen LogP contribution is 2.66. The lowest BCUT2D eigenvalue weighted by molar-refractivity contribution is -0.156. The van der Waals surface area contributed by atoms with Crippen LogP contribution in [-0.4, -0.2) is 25.2 Å². The quantitative estimate of drug-likeness (QED) is 0.703. The van der Waals surface area contributed by atoms with Crippen LogP contribution in [0, 0.1) is 23.2 Å². The van der Waals surface area contributed by atoms with Crippen molar-refractivity contribution in [2.24, 2.45) is 23.2 Å². The van der Waals surface area contributed by atoms with Crippen LogP contribution < -0.4 is 0 Å². The summed E-state index contributed by atoms with van der Waals surface area (Å²) in [5.74, 6) is 0.110. The summed E-state index contributed by atoms with van der Waals surface area (Å²) >= 11 is 0. The fourth-order valence-electron chi connectivity index (χ4n) is 3.33. The standard InChI is InChI=1S/C13H20O4/c1-4-16-11(14)9-8-6-7-13(3,10(8)9)12(15)17-5-2/h8-10H,4-7H2,1-3H3. The summed E-state index contributed by atoms with van der Waals surface area (Å²) in [6.07, 6.45) is 1.76. The van der Waals surface area contributed by atoms with Gasteiger partial charge in [-0.25, -0.2) is 0 Å². The van der Waals surface area contributed by atoms with Gasteiger partial charge in [0.25, 0.3) is 0 Å². The van der Waals surface area contributed by atoms with Gasteiger partial charge in [-0.2, -0.15) is 0 Å². The molecule has 0 bridgehead atoms. The molecule has 0 spiro atoms. The third-order valence-electron chi connectivity index (χ3n) is 4.20. The van der Waals surface area contributed by atoms with Crippen LogP contribution >= 0.6 is 0 Å². The van der Waals surface area contributed by atoms with Crippen LogP contribution in [0.2, 0.25) is 0 Å². The predicted octanol–water partition coefficient (Wildman–Crippen LogP) is 1.77. The third-order valence-corrected chi connectivity index (χ3v) is 4.20. The van der Waals surface area contributed by atoms with Crippen LogP contribution in [0.1, 0.15) is 33.6 Å². The maximum atomic E-state index is 12.0. The molecular weight excluding hydrogens is 220 g/mol. The monoisotopic (exact) mass is 240 g/mol. The molecule has 0 aromatic rings. The molecule has 0 saturated heterocycles. The molecule has 0 aromatic heterocycles. The van der Waals surface area contributed by atoms with Crippen LogP contribution in [0.25, 0.3) is 0 Å². The fraction of sp³-hybridized carbons (Fsp3) is 0.846. The molecule has 17 heavy (non-hydrogen) atoms. The van der Waals surface area contributed by atoms with Crippen molar-refractivity contribution in [2.75, 3.05) is 13.2 Å². The molecule has 2 aliphatic carbocycles. The summed E-state index contributed by atoms with van der Waals surface area (Å²) in [5, 5.41) is 0.